The Morgan fingerprint density at radius 2 is 1.88 bits per heavy atom. The van der Waals surface area contributed by atoms with E-state index in [2.05, 4.69) is 55.6 Å². The SMILES string of the molecule is Cc1ccc2c(c1)Nc1cccc(C)c1S2. The number of hydrogen-bond acceptors (Lipinski definition) is 2. The zero-order valence-electron chi connectivity index (χ0n) is 9.37. The van der Waals surface area contributed by atoms with Crippen molar-refractivity contribution >= 4 is 23.1 Å². The van der Waals surface area contributed by atoms with Crippen LogP contribution in [-0.4, -0.2) is 0 Å². The van der Waals surface area contributed by atoms with Gasteiger partial charge in [0.05, 0.1) is 11.4 Å². The van der Waals surface area contributed by atoms with Crippen molar-refractivity contribution in [3.05, 3.63) is 47.5 Å². The van der Waals surface area contributed by atoms with Crippen LogP contribution in [0, 0.1) is 13.8 Å². The normalized spacial score (nSPS) is 12.6. The van der Waals surface area contributed by atoms with Crippen LogP contribution in [0.25, 0.3) is 0 Å². The van der Waals surface area contributed by atoms with Crippen molar-refractivity contribution < 1.29 is 0 Å². The monoisotopic (exact) mass is 227 g/mol. The molecular weight excluding hydrogens is 214 g/mol. The Bertz CT molecular complexity index is 561. The minimum atomic E-state index is 1.23. The number of anilines is 2. The van der Waals surface area contributed by atoms with Gasteiger partial charge in [0.1, 0.15) is 0 Å². The van der Waals surface area contributed by atoms with E-state index in [1.54, 1.807) is 0 Å². The molecule has 0 bridgehead atoms. The first-order valence-corrected chi connectivity index (χ1v) is 6.21. The number of aryl methyl sites for hydroxylation is 2. The van der Waals surface area contributed by atoms with Crippen molar-refractivity contribution in [1.82, 2.24) is 0 Å². The smallest absolute Gasteiger partial charge is 0.0529 e. The summed E-state index contributed by atoms with van der Waals surface area (Å²) in [5, 5.41) is 3.50. The Hall–Kier alpha value is -1.41. The molecule has 3 rings (SSSR count). The number of benzene rings is 2. The standard InChI is InChI=1S/C14H13NS/c1-9-6-7-13-12(8-9)15-11-5-3-4-10(2)14(11)16-13/h3-8,15H,1-2H3. The van der Waals surface area contributed by atoms with Crippen LogP contribution in [0.15, 0.2) is 46.2 Å². The Balaban J connectivity index is 2.13. The lowest BCUT2D eigenvalue weighted by atomic mass is 10.2. The highest BCUT2D eigenvalue weighted by Crippen LogP contribution is 2.45. The molecule has 0 radical (unpaired) electrons. The number of hydrogen-bond donors (Lipinski definition) is 1. The summed E-state index contributed by atoms with van der Waals surface area (Å²) < 4.78 is 0. The molecule has 0 saturated heterocycles. The number of nitrogens with one attached hydrogen (secondary N) is 1. The van der Waals surface area contributed by atoms with E-state index >= 15 is 0 Å². The molecule has 0 spiro atoms. The Kier molecular flexibility index (Phi) is 2.18. The summed E-state index contributed by atoms with van der Waals surface area (Å²) in [4.78, 5) is 2.66. The quantitative estimate of drug-likeness (QED) is 0.606. The molecule has 16 heavy (non-hydrogen) atoms. The van der Waals surface area contributed by atoms with E-state index < -0.39 is 0 Å². The molecule has 2 heteroatoms. The third-order valence-electron chi connectivity index (χ3n) is 2.83. The van der Waals surface area contributed by atoms with Crippen LogP contribution in [0.2, 0.25) is 0 Å². The second-order valence-electron chi connectivity index (χ2n) is 4.18. The zero-order valence-corrected chi connectivity index (χ0v) is 10.2. The van der Waals surface area contributed by atoms with Gasteiger partial charge < -0.3 is 5.32 Å². The molecule has 1 heterocycles. The number of rotatable bonds is 0. The highest BCUT2D eigenvalue weighted by atomic mass is 32.2. The molecule has 0 saturated carbocycles. The molecule has 0 aliphatic carbocycles. The molecule has 1 aliphatic heterocycles. The summed E-state index contributed by atoms with van der Waals surface area (Å²) in [5.41, 5.74) is 5.08. The van der Waals surface area contributed by atoms with Crippen molar-refractivity contribution in [2.75, 3.05) is 5.32 Å². The first-order valence-electron chi connectivity index (χ1n) is 5.39. The third kappa shape index (κ3) is 1.50. The molecule has 0 amide bonds. The van der Waals surface area contributed by atoms with Crippen LogP contribution in [-0.2, 0) is 0 Å². The van der Waals surface area contributed by atoms with Gasteiger partial charge >= 0.3 is 0 Å². The summed E-state index contributed by atoms with van der Waals surface area (Å²) in [6.45, 7) is 4.28. The topological polar surface area (TPSA) is 12.0 Å². The van der Waals surface area contributed by atoms with Gasteiger partial charge in [-0.2, -0.15) is 0 Å². The zero-order chi connectivity index (χ0) is 11.1. The van der Waals surface area contributed by atoms with E-state index in [0.717, 1.165) is 0 Å². The van der Waals surface area contributed by atoms with Gasteiger partial charge in [-0.25, -0.2) is 0 Å². The molecule has 2 aromatic carbocycles. The highest BCUT2D eigenvalue weighted by molar-refractivity contribution is 7.99. The fourth-order valence-corrected chi connectivity index (χ4v) is 3.01. The maximum absolute atomic E-state index is 3.50. The van der Waals surface area contributed by atoms with Gasteiger partial charge in [0.15, 0.2) is 0 Å². The van der Waals surface area contributed by atoms with Gasteiger partial charge in [0.2, 0.25) is 0 Å². The third-order valence-corrected chi connectivity index (χ3v) is 4.15. The lowest BCUT2D eigenvalue weighted by Crippen LogP contribution is -2.01. The summed E-state index contributed by atoms with van der Waals surface area (Å²) in [6.07, 6.45) is 0. The molecule has 1 N–H and O–H groups in total. The van der Waals surface area contributed by atoms with Crippen molar-refractivity contribution in [1.29, 1.82) is 0 Å². The van der Waals surface area contributed by atoms with Gasteiger partial charge in [0.25, 0.3) is 0 Å². The molecule has 0 fully saturated rings. The van der Waals surface area contributed by atoms with E-state index in [9.17, 15) is 0 Å². The molecule has 1 aliphatic rings. The fraction of sp³-hybridized carbons (Fsp3) is 0.143. The molecule has 0 atom stereocenters. The summed E-state index contributed by atoms with van der Waals surface area (Å²) in [5.74, 6) is 0. The molecular formula is C14H13NS. The predicted octanol–water partition coefficient (Wildman–Crippen LogP) is 4.51. The van der Waals surface area contributed by atoms with E-state index in [4.69, 9.17) is 0 Å². The van der Waals surface area contributed by atoms with Crippen molar-refractivity contribution in [3.63, 3.8) is 0 Å². The van der Waals surface area contributed by atoms with Gasteiger partial charge in [-0.15, -0.1) is 0 Å². The van der Waals surface area contributed by atoms with Crippen LogP contribution in [0.1, 0.15) is 11.1 Å². The Labute approximate surface area is 99.9 Å². The minimum Gasteiger partial charge on any atom is -0.354 e. The molecule has 80 valence electrons. The average molecular weight is 227 g/mol. The first kappa shape index (κ1) is 9.79. The van der Waals surface area contributed by atoms with Gasteiger partial charge in [-0.1, -0.05) is 30.0 Å². The summed E-state index contributed by atoms with van der Waals surface area (Å²) >= 11 is 1.86. The van der Waals surface area contributed by atoms with E-state index in [1.165, 1.54) is 32.3 Å². The Morgan fingerprint density at radius 1 is 1.00 bits per heavy atom. The lowest BCUT2D eigenvalue weighted by molar-refractivity contribution is 1.24. The predicted molar refractivity (Wildman–Crippen MR) is 69.8 cm³/mol. The van der Waals surface area contributed by atoms with Crippen LogP contribution < -0.4 is 5.32 Å². The van der Waals surface area contributed by atoms with E-state index in [1.807, 2.05) is 11.8 Å². The van der Waals surface area contributed by atoms with Crippen LogP contribution in [0.3, 0.4) is 0 Å². The first-order chi connectivity index (χ1) is 7.74. The second kappa shape index (κ2) is 3.56. The van der Waals surface area contributed by atoms with E-state index in [-0.39, 0.29) is 0 Å². The van der Waals surface area contributed by atoms with Crippen molar-refractivity contribution in [2.24, 2.45) is 0 Å². The maximum atomic E-state index is 3.50. The van der Waals surface area contributed by atoms with Crippen molar-refractivity contribution in [2.45, 2.75) is 23.6 Å². The highest BCUT2D eigenvalue weighted by Gasteiger charge is 2.16. The Morgan fingerprint density at radius 3 is 2.75 bits per heavy atom. The summed E-state index contributed by atoms with van der Waals surface area (Å²) in [6, 6.07) is 13.0. The van der Waals surface area contributed by atoms with Crippen LogP contribution >= 0.6 is 11.8 Å². The van der Waals surface area contributed by atoms with Crippen molar-refractivity contribution in [3.8, 4) is 0 Å². The molecule has 0 aromatic heterocycles. The average Bonchev–Trinajstić information content (AvgIpc) is 2.27. The minimum absolute atomic E-state index is 1.23. The largest absolute Gasteiger partial charge is 0.354 e. The van der Waals surface area contributed by atoms with E-state index in [0.29, 0.717) is 0 Å². The van der Waals surface area contributed by atoms with Gasteiger partial charge in [-0.3, -0.25) is 0 Å². The molecule has 2 aromatic rings. The summed E-state index contributed by atoms with van der Waals surface area (Å²) in [7, 11) is 0. The maximum Gasteiger partial charge on any atom is 0.0529 e. The van der Waals surface area contributed by atoms with Crippen LogP contribution in [0.5, 0.6) is 0 Å². The second-order valence-corrected chi connectivity index (χ2v) is 5.23. The van der Waals surface area contributed by atoms with Gasteiger partial charge in [0, 0.05) is 9.79 Å². The molecule has 0 unspecified atom stereocenters. The lowest BCUT2D eigenvalue weighted by Gasteiger charge is -2.22. The fourth-order valence-electron chi connectivity index (χ4n) is 1.97. The molecule has 1 nitrogen and oxygen atoms in total. The van der Waals surface area contributed by atoms with Gasteiger partial charge in [-0.05, 0) is 43.2 Å². The van der Waals surface area contributed by atoms with Crippen LogP contribution in [0.4, 0.5) is 11.4 Å². The number of fused-ring (bicyclic) bond motifs is 2.